The van der Waals surface area contributed by atoms with Crippen LogP contribution in [-0.4, -0.2) is 30.5 Å². The molecule has 108 valence electrons. The topological polar surface area (TPSA) is 67.3 Å². The molecule has 1 unspecified atom stereocenters. The van der Waals surface area contributed by atoms with Crippen LogP contribution in [0, 0.1) is 0 Å². The maximum Gasteiger partial charge on any atom is 0.147 e. The first-order valence-corrected chi connectivity index (χ1v) is 8.71. The number of pyridine rings is 1. The molecule has 1 aromatic heterocycles. The number of hydrogen-bond acceptors (Lipinski definition) is 4. The maximum absolute atomic E-state index is 11.1. The summed E-state index contributed by atoms with van der Waals surface area (Å²) in [6.45, 7) is 0. The predicted octanol–water partition coefficient (Wildman–Crippen LogP) is 2.75. The van der Waals surface area contributed by atoms with Crippen LogP contribution in [0.4, 0.5) is 0 Å². The van der Waals surface area contributed by atoms with Gasteiger partial charge in [-0.05, 0) is 31.0 Å². The quantitative estimate of drug-likeness (QED) is 0.921. The molecule has 0 bridgehead atoms. The summed E-state index contributed by atoms with van der Waals surface area (Å²) in [7, 11) is -3.00. The third-order valence-electron chi connectivity index (χ3n) is 3.10. The van der Waals surface area contributed by atoms with Crippen molar-refractivity contribution in [2.45, 2.75) is 18.9 Å². The summed E-state index contributed by atoms with van der Waals surface area (Å²) in [5.74, 6) is 0.0724. The maximum atomic E-state index is 11.1. The molecule has 0 saturated carbocycles. The van der Waals surface area contributed by atoms with Gasteiger partial charge in [-0.3, -0.25) is 4.98 Å². The van der Waals surface area contributed by atoms with E-state index in [9.17, 15) is 13.5 Å². The Labute approximate surface area is 123 Å². The highest BCUT2D eigenvalue weighted by Crippen LogP contribution is 2.30. The number of aromatic nitrogens is 1. The molecule has 0 saturated heterocycles. The lowest BCUT2D eigenvalue weighted by molar-refractivity contribution is 0.168. The summed E-state index contributed by atoms with van der Waals surface area (Å²) in [6.07, 6.45) is 2.88. The summed E-state index contributed by atoms with van der Waals surface area (Å²) < 4.78 is 22.2. The van der Waals surface area contributed by atoms with Gasteiger partial charge < -0.3 is 5.11 Å². The molecule has 0 aliphatic rings. The van der Waals surface area contributed by atoms with Crippen LogP contribution in [0.3, 0.4) is 0 Å². The molecule has 1 atom stereocenters. The van der Waals surface area contributed by atoms with E-state index < -0.39 is 15.9 Å². The molecule has 0 aliphatic heterocycles. The fraction of sp³-hybridized carbons (Fsp3) is 0.357. The first kappa shape index (κ1) is 15.2. The zero-order valence-corrected chi connectivity index (χ0v) is 12.7. The lowest BCUT2D eigenvalue weighted by Gasteiger charge is -2.13. The van der Waals surface area contributed by atoms with Crippen molar-refractivity contribution in [2.75, 3.05) is 12.0 Å². The van der Waals surface area contributed by atoms with E-state index in [0.29, 0.717) is 28.9 Å². The number of aliphatic hydroxyl groups is 1. The van der Waals surface area contributed by atoms with Gasteiger partial charge in [0.15, 0.2) is 0 Å². The van der Waals surface area contributed by atoms with Crippen LogP contribution < -0.4 is 0 Å². The van der Waals surface area contributed by atoms with E-state index in [4.69, 9.17) is 11.6 Å². The predicted molar refractivity (Wildman–Crippen MR) is 80.7 cm³/mol. The number of rotatable bonds is 5. The van der Waals surface area contributed by atoms with Gasteiger partial charge in [0.2, 0.25) is 0 Å². The SMILES string of the molecule is CS(=O)(=O)CCCC(O)c1ccc(Cl)c2cccnc12. The molecule has 1 aromatic carbocycles. The highest BCUT2D eigenvalue weighted by Gasteiger charge is 2.14. The third kappa shape index (κ3) is 3.69. The Bertz CT molecular complexity index is 715. The number of nitrogens with zero attached hydrogens (tertiary/aromatic N) is 1. The second-order valence-corrected chi connectivity index (χ2v) is 7.49. The van der Waals surface area contributed by atoms with E-state index in [1.165, 1.54) is 6.26 Å². The Kier molecular flexibility index (Phi) is 4.62. The number of halogens is 1. The Morgan fingerprint density at radius 2 is 2.10 bits per heavy atom. The minimum atomic E-state index is -3.00. The molecule has 0 amide bonds. The molecule has 6 heteroatoms. The van der Waals surface area contributed by atoms with Gasteiger partial charge in [0.1, 0.15) is 9.84 Å². The van der Waals surface area contributed by atoms with E-state index >= 15 is 0 Å². The molecular formula is C14H16ClNO3S. The average Bonchev–Trinajstić information content (AvgIpc) is 2.38. The highest BCUT2D eigenvalue weighted by atomic mass is 35.5. The highest BCUT2D eigenvalue weighted by molar-refractivity contribution is 7.90. The molecule has 0 fully saturated rings. The Balaban J connectivity index is 2.22. The summed E-state index contributed by atoms with van der Waals surface area (Å²) >= 11 is 6.10. The summed E-state index contributed by atoms with van der Waals surface area (Å²) in [5, 5.41) is 11.6. The standard InChI is InChI=1S/C14H16ClNO3S/c1-20(18,19)9-3-5-13(17)11-6-7-12(15)10-4-2-8-16-14(10)11/h2,4,6-8,13,17H,3,5,9H2,1H3. The number of fused-ring (bicyclic) bond motifs is 1. The van der Waals surface area contributed by atoms with Gasteiger partial charge in [0, 0.05) is 34.2 Å². The lowest BCUT2D eigenvalue weighted by Crippen LogP contribution is -2.06. The zero-order chi connectivity index (χ0) is 14.8. The van der Waals surface area contributed by atoms with Gasteiger partial charge >= 0.3 is 0 Å². The van der Waals surface area contributed by atoms with Crippen LogP contribution in [0.1, 0.15) is 24.5 Å². The molecular weight excluding hydrogens is 298 g/mol. The van der Waals surface area contributed by atoms with E-state index in [1.54, 1.807) is 24.4 Å². The molecule has 20 heavy (non-hydrogen) atoms. The van der Waals surface area contributed by atoms with E-state index in [0.717, 1.165) is 5.39 Å². The van der Waals surface area contributed by atoms with Gasteiger partial charge in [-0.1, -0.05) is 17.7 Å². The number of sulfone groups is 1. The second-order valence-electron chi connectivity index (χ2n) is 4.82. The molecule has 1 N–H and O–H groups in total. The van der Waals surface area contributed by atoms with Crippen LogP contribution in [-0.2, 0) is 9.84 Å². The average molecular weight is 314 g/mol. The Hall–Kier alpha value is -1.17. The smallest absolute Gasteiger partial charge is 0.147 e. The Morgan fingerprint density at radius 3 is 2.80 bits per heavy atom. The van der Waals surface area contributed by atoms with Gasteiger partial charge in [-0.2, -0.15) is 0 Å². The minimum Gasteiger partial charge on any atom is -0.388 e. The van der Waals surface area contributed by atoms with Crippen molar-refractivity contribution in [3.05, 3.63) is 41.0 Å². The van der Waals surface area contributed by atoms with E-state index in [1.807, 2.05) is 6.07 Å². The van der Waals surface area contributed by atoms with Crippen molar-refractivity contribution in [1.82, 2.24) is 4.98 Å². The second kappa shape index (κ2) is 6.08. The largest absolute Gasteiger partial charge is 0.388 e. The monoisotopic (exact) mass is 313 g/mol. The lowest BCUT2D eigenvalue weighted by atomic mass is 10.0. The van der Waals surface area contributed by atoms with Crippen molar-refractivity contribution in [1.29, 1.82) is 0 Å². The van der Waals surface area contributed by atoms with Crippen LogP contribution in [0.2, 0.25) is 5.02 Å². The van der Waals surface area contributed by atoms with Gasteiger partial charge in [0.25, 0.3) is 0 Å². The molecule has 1 heterocycles. The molecule has 2 aromatic rings. The van der Waals surface area contributed by atoms with Crippen LogP contribution in [0.25, 0.3) is 10.9 Å². The minimum absolute atomic E-state index is 0.0724. The molecule has 0 radical (unpaired) electrons. The van der Waals surface area contributed by atoms with Crippen LogP contribution in [0.15, 0.2) is 30.5 Å². The van der Waals surface area contributed by atoms with Crippen LogP contribution >= 0.6 is 11.6 Å². The number of aliphatic hydroxyl groups excluding tert-OH is 1. The fourth-order valence-electron chi connectivity index (χ4n) is 2.12. The van der Waals surface area contributed by atoms with Gasteiger partial charge in [0.05, 0.1) is 11.6 Å². The molecule has 2 rings (SSSR count). The number of hydrogen-bond donors (Lipinski definition) is 1. The van der Waals surface area contributed by atoms with Crippen molar-refractivity contribution < 1.29 is 13.5 Å². The number of benzene rings is 1. The first-order chi connectivity index (χ1) is 9.38. The normalized spacial score (nSPS) is 13.6. The van der Waals surface area contributed by atoms with Gasteiger partial charge in [-0.15, -0.1) is 0 Å². The summed E-state index contributed by atoms with van der Waals surface area (Å²) in [4.78, 5) is 4.26. The van der Waals surface area contributed by atoms with Crippen molar-refractivity contribution in [3.63, 3.8) is 0 Å². The van der Waals surface area contributed by atoms with Crippen molar-refractivity contribution >= 4 is 32.3 Å². The first-order valence-electron chi connectivity index (χ1n) is 6.27. The van der Waals surface area contributed by atoms with Crippen molar-refractivity contribution in [3.8, 4) is 0 Å². The van der Waals surface area contributed by atoms with E-state index in [2.05, 4.69) is 4.98 Å². The fourth-order valence-corrected chi connectivity index (χ4v) is 3.03. The Morgan fingerprint density at radius 1 is 1.35 bits per heavy atom. The molecule has 0 aliphatic carbocycles. The van der Waals surface area contributed by atoms with E-state index in [-0.39, 0.29) is 5.75 Å². The van der Waals surface area contributed by atoms with Crippen molar-refractivity contribution in [2.24, 2.45) is 0 Å². The summed E-state index contributed by atoms with van der Waals surface area (Å²) in [5.41, 5.74) is 1.34. The zero-order valence-electron chi connectivity index (χ0n) is 11.1. The molecule has 4 nitrogen and oxygen atoms in total. The molecule has 0 spiro atoms. The van der Waals surface area contributed by atoms with Crippen LogP contribution in [0.5, 0.6) is 0 Å². The third-order valence-corrected chi connectivity index (χ3v) is 4.46. The van der Waals surface area contributed by atoms with Gasteiger partial charge in [-0.25, -0.2) is 8.42 Å². The summed E-state index contributed by atoms with van der Waals surface area (Å²) in [6, 6.07) is 7.09.